The Morgan fingerprint density at radius 2 is 0.933 bits per heavy atom. The first-order valence-corrected chi connectivity index (χ1v) is 14.1. The van der Waals surface area contributed by atoms with Crippen molar-refractivity contribution in [1.29, 1.82) is 0 Å². The summed E-state index contributed by atoms with van der Waals surface area (Å²) < 4.78 is 32.3. The van der Waals surface area contributed by atoms with Crippen LogP contribution < -0.4 is 0 Å². The van der Waals surface area contributed by atoms with E-state index in [0.29, 0.717) is 0 Å². The highest BCUT2D eigenvalue weighted by molar-refractivity contribution is 5.74. The quantitative estimate of drug-likeness (QED) is 0.159. The number of esters is 4. The van der Waals surface area contributed by atoms with Gasteiger partial charge in [-0.15, -0.1) is 12.8 Å². The van der Waals surface area contributed by atoms with Crippen LogP contribution >= 0.6 is 0 Å². The van der Waals surface area contributed by atoms with Crippen LogP contribution in [0.25, 0.3) is 0 Å². The Kier molecular flexibility index (Phi) is 17.3. The van der Waals surface area contributed by atoms with Gasteiger partial charge in [0.2, 0.25) is 12.4 Å². The maximum absolute atomic E-state index is 12.5. The van der Waals surface area contributed by atoms with Gasteiger partial charge in [0, 0.05) is 0 Å². The van der Waals surface area contributed by atoms with Crippen molar-refractivity contribution in [3.63, 3.8) is 0 Å². The molecule has 4 N–H and O–H groups in total. The second-order valence-electron chi connectivity index (χ2n) is 11.4. The van der Waals surface area contributed by atoms with Crippen LogP contribution in [0, 0.1) is 48.4 Å². The molecule has 0 aromatic carbocycles. The fraction of sp³-hybridized carbons (Fsp3) is 0.742. The Bertz CT molecular complexity index is 1070. The molecular formula is C31H48O14. The van der Waals surface area contributed by atoms with E-state index in [4.69, 9.17) is 57.0 Å². The monoisotopic (exact) mass is 644 g/mol. The summed E-state index contributed by atoms with van der Waals surface area (Å²) in [6.07, 6.45) is -3.21. The minimum atomic E-state index is -1.55. The lowest BCUT2D eigenvalue weighted by molar-refractivity contribution is -0.290. The first-order valence-electron chi connectivity index (χ1n) is 14.1. The highest BCUT2D eigenvalue weighted by atomic mass is 16.7. The molecule has 2 rings (SSSR count). The van der Waals surface area contributed by atoms with Crippen molar-refractivity contribution in [1.82, 2.24) is 0 Å². The van der Waals surface area contributed by atoms with E-state index in [0.717, 1.165) is 0 Å². The van der Waals surface area contributed by atoms with Gasteiger partial charge in [-0.3, -0.25) is 19.2 Å². The van der Waals surface area contributed by atoms with Gasteiger partial charge in [-0.2, -0.15) is 0 Å². The van der Waals surface area contributed by atoms with Gasteiger partial charge >= 0.3 is 23.9 Å². The van der Waals surface area contributed by atoms with Gasteiger partial charge in [-0.25, -0.2) is 0 Å². The second kappa shape index (κ2) is 18.7. The summed E-state index contributed by atoms with van der Waals surface area (Å²) in [5, 5.41) is 36.1. The van der Waals surface area contributed by atoms with Gasteiger partial charge in [0.15, 0.2) is 24.6 Å². The molecule has 2 aliphatic heterocycles. The molecule has 2 fully saturated rings. The van der Waals surface area contributed by atoms with E-state index in [1.54, 1.807) is 55.4 Å². The zero-order valence-corrected chi connectivity index (χ0v) is 26.1. The number of aliphatic hydroxyl groups is 4. The molecule has 0 aromatic rings. The molecule has 256 valence electrons. The SMILES string of the molecule is C.C#C[C@@H]1O[C@@H](O)[C@@H](O)[C@H](O)[C@@H]1O.C#C[C@@H]1O[C@@H](OC(=O)C(C)C)[C@@H](OC(=O)C(C)C)[C@H](OC(=O)C(C)C)[C@@H]1OC(=O)C(C)C. The maximum Gasteiger partial charge on any atom is 0.310 e. The lowest BCUT2D eigenvalue weighted by Crippen LogP contribution is -2.62. The van der Waals surface area contributed by atoms with Crippen LogP contribution in [-0.2, 0) is 47.6 Å². The van der Waals surface area contributed by atoms with Crippen LogP contribution in [0.15, 0.2) is 0 Å². The van der Waals surface area contributed by atoms with Crippen molar-refractivity contribution < 1.29 is 68.0 Å². The van der Waals surface area contributed by atoms with Gasteiger partial charge < -0.3 is 48.8 Å². The highest BCUT2D eigenvalue weighted by Crippen LogP contribution is 2.31. The first-order chi connectivity index (χ1) is 20.4. The Morgan fingerprint density at radius 1 is 0.556 bits per heavy atom. The second-order valence-corrected chi connectivity index (χ2v) is 11.4. The lowest BCUT2D eigenvalue weighted by Gasteiger charge is -2.43. The smallest absolute Gasteiger partial charge is 0.310 e. The summed E-state index contributed by atoms with van der Waals surface area (Å²) in [6, 6.07) is 0. The fourth-order valence-corrected chi connectivity index (χ4v) is 3.49. The van der Waals surface area contributed by atoms with Crippen LogP contribution in [0.5, 0.6) is 0 Å². The lowest BCUT2D eigenvalue weighted by atomic mass is 9.97. The molecule has 0 amide bonds. The van der Waals surface area contributed by atoms with E-state index in [-0.39, 0.29) is 7.43 Å². The first kappa shape index (κ1) is 41.8. The van der Waals surface area contributed by atoms with E-state index >= 15 is 0 Å². The number of ether oxygens (including phenoxy) is 6. The third kappa shape index (κ3) is 11.6. The summed E-state index contributed by atoms with van der Waals surface area (Å²) >= 11 is 0. The molecular weight excluding hydrogens is 596 g/mol. The normalized spacial score (nSPS) is 31.0. The Morgan fingerprint density at radius 3 is 1.33 bits per heavy atom. The maximum atomic E-state index is 12.5. The number of carbonyl (C=O) groups is 4. The number of terminal acetylenes is 2. The molecule has 0 aliphatic carbocycles. The molecule has 2 saturated heterocycles. The predicted molar refractivity (Wildman–Crippen MR) is 157 cm³/mol. The molecule has 0 radical (unpaired) electrons. The summed E-state index contributed by atoms with van der Waals surface area (Å²) in [6.45, 7) is 12.9. The zero-order chi connectivity index (χ0) is 34.0. The van der Waals surface area contributed by atoms with Crippen molar-refractivity contribution in [3.05, 3.63) is 0 Å². The van der Waals surface area contributed by atoms with Gasteiger partial charge in [0.25, 0.3) is 0 Å². The molecule has 45 heavy (non-hydrogen) atoms. The van der Waals surface area contributed by atoms with Crippen LogP contribution in [0.3, 0.4) is 0 Å². The molecule has 2 aliphatic rings. The van der Waals surface area contributed by atoms with Gasteiger partial charge in [-0.05, 0) is 0 Å². The van der Waals surface area contributed by atoms with Gasteiger partial charge in [0.05, 0.1) is 23.7 Å². The average molecular weight is 645 g/mol. The number of rotatable bonds is 8. The van der Waals surface area contributed by atoms with E-state index in [2.05, 4.69) is 10.7 Å². The summed E-state index contributed by atoms with van der Waals surface area (Å²) in [7, 11) is 0. The summed E-state index contributed by atoms with van der Waals surface area (Å²) in [4.78, 5) is 49.5. The topological polar surface area (TPSA) is 205 Å². The number of aliphatic hydroxyl groups excluding tert-OH is 4. The number of hydrogen-bond donors (Lipinski definition) is 4. The highest BCUT2D eigenvalue weighted by Gasteiger charge is 2.54. The van der Waals surface area contributed by atoms with Gasteiger partial charge in [-0.1, -0.05) is 74.7 Å². The van der Waals surface area contributed by atoms with Crippen molar-refractivity contribution >= 4 is 23.9 Å². The van der Waals surface area contributed by atoms with E-state index in [1.165, 1.54) is 0 Å². The van der Waals surface area contributed by atoms with Crippen molar-refractivity contribution in [2.45, 2.75) is 124 Å². The Balaban J connectivity index is 0.00000124. The molecule has 0 bridgehead atoms. The molecule has 0 spiro atoms. The van der Waals surface area contributed by atoms with Crippen LogP contribution in [-0.4, -0.2) is 106 Å². The molecule has 14 nitrogen and oxygen atoms in total. The van der Waals surface area contributed by atoms with Crippen LogP contribution in [0.4, 0.5) is 0 Å². The molecule has 14 heteroatoms. The zero-order valence-electron chi connectivity index (χ0n) is 26.1. The van der Waals surface area contributed by atoms with Crippen molar-refractivity contribution in [2.24, 2.45) is 23.7 Å². The third-order valence-electron chi connectivity index (χ3n) is 6.29. The minimum Gasteiger partial charge on any atom is -0.454 e. The van der Waals surface area contributed by atoms with E-state index in [9.17, 15) is 19.2 Å². The van der Waals surface area contributed by atoms with Crippen molar-refractivity contribution in [2.75, 3.05) is 0 Å². The standard InChI is InChI=1S/C23H34O9.C7H10O5.CH4/c1-10-15-16(29-19(24)11(2)3)17(30-20(25)12(4)5)18(31-21(26)13(6)7)23(28-15)32-22(27)14(8)9;1-2-3-4(8)5(9)6(10)7(11)12-3;/h1,11-18,23H,2-9H3;1,3-11H;1H4/t15-,16+,17+,18-,23-;3-,4+,5+,6-,7+;/m00./s1. The summed E-state index contributed by atoms with van der Waals surface area (Å²) in [5.74, 6) is -0.282. The fourth-order valence-electron chi connectivity index (χ4n) is 3.49. The van der Waals surface area contributed by atoms with E-state index in [1.807, 2.05) is 5.92 Å². The number of hydrogen-bond acceptors (Lipinski definition) is 14. The number of carbonyl (C=O) groups excluding carboxylic acids is 4. The molecule has 0 unspecified atom stereocenters. The Labute approximate surface area is 264 Å². The minimum absolute atomic E-state index is 0. The predicted octanol–water partition coefficient (Wildman–Crippen LogP) is 0.303. The molecule has 0 aromatic heterocycles. The summed E-state index contributed by atoms with van der Waals surface area (Å²) in [5.41, 5.74) is 0. The molecule has 10 atom stereocenters. The average Bonchev–Trinajstić information content (AvgIpc) is 2.95. The van der Waals surface area contributed by atoms with Crippen LogP contribution in [0.1, 0.15) is 62.8 Å². The van der Waals surface area contributed by atoms with E-state index < -0.39 is 109 Å². The molecule has 2 heterocycles. The molecule has 0 saturated carbocycles. The van der Waals surface area contributed by atoms with Crippen LogP contribution in [0.2, 0.25) is 0 Å². The largest absolute Gasteiger partial charge is 0.454 e. The Hall–Kier alpha value is -3.24. The van der Waals surface area contributed by atoms with Crippen molar-refractivity contribution in [3.8, 4) is 24.7 Å². The van der Waals surface area contributed by atoms with Gasteiger partial charge in [0.1, 0.15) is 24.4 Å². The third-order valence-corrected chi connectivity index (χ3v) is 6.29.